The van der Waals surface area contributed by atoms with Crippen LogP contribution in [0.2, 0.25) is 0 Å². The van der Waals surface area contributed by atoms with Crippen molar-refractivity contribution in [2.24, 2.45) is 0 Å². The van der Waals surface area contributed by atoms with Gasteiger partial charge in [-0.15, -0.1) is 11.3 Å². The number of aromatic amines is 1. The van der Waals surface area contributed by atoms with Crippen molar-refractivity contribution in [3.8, 4) is 17.0 Å². The van der Waals surface area contributed by atoms with Gasteiger partial charge in [-0.05, 0) is 23.6 Å². The molecule has 0 aliphatic heterocycles. The highest BCUT2D eigenvalue weighted by Gasteiger charge is 2.10. The first-order chi connectivity index (χ1) is 12.2. The highest BCUT2D eigenvalue weighted by atomic mass is 32.1. The van der Waals surface area contributed by atoms with E-state index >= 15 is 0 Å². The number of hydrogen-bond acceptors (Lipinski definition) is 5. The predicted molar refractivity (Wildman–Crippen MR) is 105 cm³/mol. The van der Waals surface area contributed by atoms with Crippen LogP contribution in [-0.2, 0) is 0 Å². The predicted octanol–water partition coefficient (Wildman–Crippen LogP) is 2.96. The number of H-pyrrole nitrogens is 1. The Morgan fingerprint density at radius 1 is 1.20 bits per heavy atom. The summed E-state index contributed by atoms with van der Waals surface area (Å²) < 4.78 is 6.27. The average molecular weight is 366 g/mol. The number of aromatic nitrogens is 2. The molecule has 1 N–H and O–H groups in total. The lowest BCUT2D eigenvalue weighted by molar-refractivity contribution is 0.420. The summed E-state index contributed by atoms with van der Waals surface area (Å²) in [7, 11) is 1.68. The van der Waals surface area contributed by atoms with Crippen molar-refractivity contribution in [3.05, 3.63) is 66.3 Å². The Balaban J connectivity index is 1.85. The minimum Gasteiger partial charge on any atom is -0.496 e. The number of fused-ring (bicyclic) bond motifs is 1. The van der Waals surface area contributed by atoms with Gasteiger partial charge in [-0.1, -0.05) is 42.2 Å². The Hall–Kier alpha value is -2.70. The molecule has 0 amide bonds. The number of hydrogen-bond donors (Lipinski definition) is 1. The Labute approximate surface area is 151 Å². The molecule has 4 aromatic rings. The molecule has 0 unspecified atom stereocenters. The summed E-state index contributed by atoms with van der Waals surface area (Å²) in [5.41, 5.74) is 1.97. The summed E-state index contributed by atoms with van der Waals surface area (Å²) in [6, 6.07) is 12.1. The van der Waals surface area contributed by atoms with Gasteiger partial charge < -0.3 is 9.72 Å². The molecule has 2 aromatic carbocycles. The summed E-state index contributed by atoms with van der Waals surface area (Å²) in [5, 5.41) is 5.66. The van der Waals surface area contributed by atoms with Gasteiger partial charge in [0.2, 0.25) is 0 Å². The Bertz CT molecular complexity index is 1230. The van der Waals surface area contributed by atoms with E-state index in [1.807, 2.05) is 41.8 Å². The number of benzene rings is 2. The van der Waals surface area contributed by atoms with Crippen LogP contribution in [0.5, 0.6) is 5.75 Å². The summed E-state index contributed by atoms with van der Waals surface area (Å²) in [4.78, 5) is 18.7. The fourth-order valence-corrected chi connectivity index (χ4v) is 4.29. The Morgan fingerprint density at radius 2 is 2.00 bits per heavy atom. The maximum absolute atomic E-state index is 11.4. The minimum atomic E-state index is -0.103. The standard InChI is InChI=1S/C19H14N2O2S2/c1-11-17(25-19(22)20-11)9-18-21-15(10-24-18)13-7-8-16(23-2)14-6-4-3-5-12(13)14/h3-10H,1H2,2H3,(H,20,22)/b17-9-. The number of ether oxygens (including phenoxy) is 1. The van der Waals surface area contributed by atoms with E-state index < -0.39 is 0 Å². The molecule has 2 heterocycles. The summed E-state index contributed by atoms with van der Waals surface area (Å²) in [6.45, 7) is 3.85. The van der Waals surface area contributed by atoms with Crippen molar-refractivity contribution in [2.75, 3.05) is 7.11 Å². The number of rotatable bonds is 3. The lowest BCUT2D eigenvalue weighted by Gasteiger charge is -2.08. The lowest BCUT2D eigenvalue weighted by atomic mass is 10.0. The summed E-state index contributed by atoms with van der Waals surface area (Å²) in [5.74, 6) is 0.847. The van der Waals surface area contributed by atoms with Gasteiger partial charge in [0.1, 0.15) is 10.8 Å². The third-order valence-corrected chi connectivity index (χ3v) is 5.57. The monoisotopic (exact) mass is 366 g/mol. The molecule has 4 nitrogen and oxygen atoms in total. The highest BCUT2D eigenvalue weighted by Crippen LogP contribution is 2.34. The van der Waals surface area contributed by atoms with Crippen molar-refractivity contribution in [3.63, 3.8) is 0 Å². The summed E-state index contributed by atoms with van der Waals surface area (Å²) in [6.07, 6.45) is 1.89. The smallest absolute Gasteiger partial charge is 0.305 e. The van der Waals surface area contributed by atoms with Gasteiger partial charge in [0.25, 0.3) is 0 Å². The third-order valence-electron chi connectivity index (χ3n) is 3.91. The van der Waals surface area contributed by atoms with Crippen molar-refractivity contribution < 1.29 is 4.74 Å². The van der Waals surface area contributed by atoms with E-state index in [0.717, 1.165) is 48.7 Å². The van der Waals surface area contributed by atoms with E-state index in [1.165, 1.54) is 0 Å². The fourth-order valence-electron chi connectivity index (χ4n) is 2.75. The zero-order valence-corrected chi connectivity index (χ0v) is 15.0. The third kappa shape index (κ3) is 2.90. The molecule has 0 atom stereocenters. The zero-order chi connectivity index (χ0) is 17.4. The van der Waals surface area contributed by atoms with Crippen LogP contribution >= 0.6 is 22.7 Å². The Kier molecular flexibility index (Phi) is 3.99. The minimum absolute atomic E-state index is 0.103. The van der Waals surface area contributed by atoms with E-state index in [1.54, 1.807) is 18.4 Å². The van der Waals surface area contributed by atoms with Crippen LogP contribution in [-0.4, -0.2) is 17.1 Å². The Morgan fingerprint density at radius 3 is 2.72 bits per heavy atom. The van der Waals surface area contributed by atoms with Gasteiger partial charge in [0.05, 0.1) is 22.7 Å². The molecule has 0 aliphatic carbocycles. The number of methoxy groups -OCH3 is 1. The SMILES string of the molecule is C=c1[nH]c(=O)s/c1=C\c1nc(-c2ccc(OC)c3ccccc23)cs1. The second kappa shape index (κ2) is 6.31. The van der Waals surface area contributed by atoms with E-state index in [4.69, 9.17) is 9.72 Å². The van der Waals surface area contributed by atoms with Crippen molar-refractivity contribution in [1.82, 2.24) is 9.97 Å². The van der Waals surface area contributed by atoms with Crippen LogP contribution < -0.4 is 19.5 Å². The maximum atomic E-state index is 11.4. The first kappa shape index (κ1) is 15.8. The van der Waals surface area contributed by atoms with E-state index in [0.29, 0.717) is 5.35 Å². The molecule has 0 bridgehead atoms. The molecular weight excluding hydrogens is 352 g/mol. The first-order valence-electron chi connectivity index (χ1n) is 7.57. The molecule has 0 spiro atoms. The molecule has 0 aliphatic rings. The molecule has 0 radical (unpaired) electrons. The number of thiazole rings is 2. The average Bonchev–Trinajstić information content (AvgIpc) is 3.20. The van der Waals surface area contributed by atoms with Gasteiger partial charge in [-0.3, -0.25) is 4.79 Å². The molecular formula is C19H14N2O2S2. The first-order valence-corrected chi connectivity index (χ1v) is 9.27. The number of nitrogens with zero attached hydrogens (tertiary/aromatic N) is 1. The lowest BCUT2D eigenvalue weighted by Crippen LogP contribution is -2.19. The second-order valence-corrected chi connectivity index (χ2v) is 7.34. The van der Waals surface area contributed by atoms with Crippen molar-refractivity contribution in [2.45, 2.75) is 0 Å². The molecule has 6 heteroatoms. The molecule has 25 heavy (non-hydrogen) atoms. The quantitative estimate of drug-likeness (QED) is 0.606. The maximum Gasteiger partial charge on any atom is 0.305 e. The van der Waals surface area contributed by atoms with Crippen molar-refractivity contribution in [1.29, 1.82) is 0 Å². The zero-order valence-electron chi connectivity index (χ0n) is 13.4. The largest absolute Gasteiger partial charge is 0.496 e. The molecule has 2 aromatic heterocycles. The topological polar surface area (TPSA) is 55.0 Å². The van der Waals surface area contributed by atoms with Crippen LogP contribution in [0, 0.1) is 0 Å². The highest BCUT2D eigenvalue weighted by molar-refractivity contribution is 7.11. The van der Waals surface area contributed by atoms with Crippen molar-refractivity contribution >= 4 is 46.1 Å². The molecule has 0 saturated carbocycles. The van der Waals surface area contributed by atoms with E-state index in [2.05, 4.69) is 17.6 Å². The van der Waals surface area contributed by atoms with Crippen LogP contribution in [0.1, 0.15) is 5.01 Å². The molecule has 0 fully saturated rings. The van der Waals surface area contributed by atoms with Gasteiger partial charge in [0.15, 0.2) is 0 Å². The molecule has 124 valence electrons. The van der Waals surface area contributed by atoms with Crippen LogP contribution in [0.4, 0.5) is 0 Å². The van der Waals surface area contributed by atoms with Gasteiger partial charge >= 0.3 is 4.87 Å². The van der Waals surface area contributed by atoms with E-state index in [-0.39, 0.29) is 4.87 Å². The molecule has 4 rings (SSSR count). The van der Waals surface area contributed by atoms with Crippen LogP contribution in [0.15, 0.2) is 46.6 Å². The van der Waals surface area contributed by atoms with E-state index in [9.17, 15) is 4.79 Å². The normalized spacial score (nSPS) is 12.0. The molecule has 0 saturated heterocycles. The van der Waals surface area contributed by atoms with Gasteiger partial charge in [-0.25, -0.2) is 4.98 Å². The number of nitrogens with one attached hydrogen (secondary N) is 1. The fraction of sp³-hybridized carbons (Fsp3) is 0.0526. The van der Waals surface area contributed by atoms with Gasteiger partial charge in [0, 0.05) is 16.3 Å². The second-order valence-electron chi connectivity index (χ2n) is 5.43. The van der Waals surface area contributed by atoms with Gasteiger partial charge in [-0.2, -0.15) is 0 Å². The van der Waals surface area contributed by atoms with Crippen LogP contribution in [0.3, 0.4) is 0 Å². The van der Waals surface area contributed by atoms with Crippen LogP contribution in [0.25, 0.3) is 34.7 Å². The summed E-state index contributed by atoms with van der Waals surface area (Å²) >= 11 is 2.68.